The third-order valence-corrected chi connectivity index (χ3v) is 6.02. The lowest BCUT2D eigenvalue weighted by Gasteiger charge is -2.36. The van der Waals surface area contributed by atoms with Gasteiger partial charge in [-0.3, -0.25) is 0 Å². The summed E-state index contributed by atoms with van der Waals surface area (Å²) in [6, 6.07) is 10.2. The van der Waals surface area contributed by atoms with Crippen molar-refractivity contribution in [2.45, 2.75) is 25.7 Å². The molecule has 5 rings (SSSR count). The molecular weight excluding hydrogens is 350 g/mol. The fourth-order valence-corrected chi connectivity index (χ4v) is 4.39. The van der Waals surface area contributed by atoms with Crippen LogP contribution in [0.5, 0.6) is 5.75 Å². The molecule has 6 nitrogen and oxygen atoms in total. The minimum absolute atomic E-state index is 0.848. The van der Waals surface area contributed by atoms with Gasteiger partial charge < -0.3 is 14.5 Å². The summed E-state index contributed by atoms with van der Waals surface area (Å²) in [5, 5.41) is 5.00. The molecule has 1 fully saturated rings. The molecule has 1 aromatic carbocycles. The second-order valence-corrected chi connectivity index (χ2v) is 7.89. The molecule has 2 aliphatic rings. The Morgan fingerprint density at radius 2 is 1.82 bits per heavy atom. The van der Waals surface area contributed by atoms with Gasteiger partial charge >= 0.3 is 0 Å². The maximum Gasteiger partial charge on any atom is 0.158 e. The number of aromatic nitrogens is 3. The molecule has 3 aromatic rings. The van der Waals surface area contributed by atoms with E-state index in [1.807, 2.05) is 18.2 Å². The Kier molecular flexibility index (Phi) is 4.43. The van der Waals surface area contributed by atoms with E-state index >= 15 is 0 Å². The van der Waals surface area contributed by atoms with E-state index in [1.165, 1.54) is 29.9 Å². The molecule has 28 heavy (non-hydrogen) atoms. The molecule has 0 saturated carbocycles. The Hall–Kier alpha value is -2.60. The van der Waals surface area contributed by atoms with E-state index in [0.29, 0.717) is 0 Å². The molecule has 0 unspecified atom stereocenters. The van der Waals surface area contributed by atoms with Crippen LogP contribution < -0.4 is 9.64 Å². The van der Waals surface area contributed by atoms with Crippen LogP contribution in [-0.2, 0) is 12.8 Å². The predicted molar refractivity (Wildman–Crippen MR) is 111 cm³/mol. The molecule has 6 heteroatoms. The summed E-state index contributed by atoms with van der Waals surface area (Å²) < 4.78 is 7.49. The van der Waals surface area contributed by atoms with Crippen molar-refractivity contribution in [3.8, 4) is 17.0 Å². The molecule has 0 atom stereocenters. The van der Waals surface area contributed by atoms with Crippen molar-refractivity contribution in [1.29, 1.82) is 0 Å². The number of piperazine rings is 1. The van der Waals surface area contributed by atoms with E-state index in [9.17, 15) is 0 Å². The minimum atomic E-state index is 0.848. The van der Waals surface area contributed by atoms with Gasteiger partial charge in [-0.05, 0) is 44.9 Å². The number of methoxy groups -OCH3 is 1. The first-order valence-corrected chi connectivity index (χ1v) is 10.2. The zero-order chi connectivity index (χ0) is 19.1. The van der Waals surface area contributed by atoms with Crippen LogP contribution in [0.4, 0.5) is 5.82 Å². The van der Waals surface area contributed by atoms with Crippen LogP contribution in [0.3, 0.4) is 0 Å². The third-order valence-electron chi connectivity index (χ3n) is 6.02. The van der Waals surface area contributed by atoms with E-state index in [-0.39, 0.29) is 0 Å². The highest BCUT2D eigenvalue weighted by Crippen LogP contribution is 2.33. The van der Waals surface area contributed by atoms with Crippen molar-refractivity contribution < 1.29 is 4.74 Å². The smallest absolute Gasteiger partial charge is 0.158 e. The predicted octanol–water partition coefficient (Wildman–Crippen LogP) is 3.04. The van der Waals surface area contributed by atoms with Crippen molar-refractivity contribution in [3.63, 3.8) is 0 Å². The number of aryl methyl sites for hydroxylation is 1. The molecule has 0 radical (unpaired) electrons. The second kappa shape index (κ2) is 7.09. The molecule has 1 aliphatic carbocycles. The van der Waals surface area contributed by atoms with Gasteiger partial charge in [-0.25, -0.2) is 4.98 Å². The van der Waals surface area contributed by atoms with Gasteiger partial charge in [0, 0.05) is 49.1 Å². The Morgan fingerprint density at radius 1 is 1.00 bits per heavy atom. The molecule has 146 valence electrons. The van der Waals surface area contributed by atoms with E-state index in [2.05, 4.69) is 33.5 Å². The summed E-state index contributed by atoms with van der Waals surface area (Å²) in [7, 11) is 3.90. The summed E-state index contributed by atoms with van der Waals surface area (Å²) in [6.07, 6.45) is 4.65. The van der Waals surface area contributed by atoms with Crippen molar-refractivity contribution >= 4 is 11.5 Å². The van der Waals surface area contributed by atoms with Gasteiger partial charge in [-0.15, -0.1) is 0 Å². The van der Waals surface area contributed by atoms with Crippen LogP contribution in [0.2, 0.25) is 0 Å². The van der Waals surface area contributed by atoms with E-state index in [1.54, 1.807) is 7.11 Å². The van der Waals surface area contributed by atoms with Gasteiger partial charge in [0.05, 0.1) is 12.8 Å². The lowest BCUT2D eigenvalue weighted by molar-refractivity contribution is 0.311. The maximum absolute atomic E-state index is 5.40. The average Bonchev–Trinajstić information content (AvgIpc) is 3.16. The minimum Gasteiger partial charge on any atom is -0.497 e. The maximum atomic E-state index is 5.40. The summed E-state index contributed by atoms with van der Waals surface area (Å²) in [5.41, 5.74) is 5.64. The Labute approximate surface area is 165 Å². The highest BCUT2D eigenvalue weighted by Gasteiger charge is 2.25. The van der Waals surface area contributed by atoms with Gasteiger partial charge in [-0.2, -0.15) is 9.61 Å². The third kappa shape index (κ3) is 3.02. The Bertz CT molecular complexity index is 1000. The van der Waals surface area contributed by atoms with Crippen LogP contribution in [0.1, 0.15) is 24.1 Å². The van der Waals surface area contributed by atoms with Gasteiger partial charge in [0.25, 0.3) is 0 Å². The summed E-state index contributed by atoms with van der Waals surface area (Å²) in [5.74, 6) is 2.11. The van der Waals surface area contributed by atoms with Crippen molar-refractivity contribution in [3.05, 3.63) is 41.6 Å². The molecule has 1 saturated heterocycles. The normalized spacial score (nSPS) is 17.7. The van der Waals surface area contributed by atoms with Crippen molar-refractivity contribution in [2.24, 2.45) is 0 Å². The zero-order valence-electron chi connectivity index (χ0n) is 16.7. The first-order valence-electron chi connectivity index (χ1n) is 10.2. The molecule has 1 aliphatic heterocycles. The zero-order valence-corrected chi connectivity index (χ0v) is 16.7. The topological polar surface area (TPSA) is 45.9 Å². The average molecular weight is 377 g/mol. The van der Waals surface area contributed by atoms with Gasteiger partial charge in [0.2, 0.25) is 0 Å². The van der Waals surface area contributed by atoms with Crippen molar-refractivity contribution in [1.82, 2.24) is 19.5 Å². The lowest BCUT2D eigenvalue weighted by Crippen LogP contribution is -2.45. The number of hydrogen-bond acceptors (Lipinski definition) is 5. The number of hydrogen-bond donors (Lipinski definition) is 0. The molecule has 0 spiro atoms. The van der Waals surface area contributed by atoms with Crippen LogP contribution in [0.15, 0.2) is 30.3 Å². The molecule has 0 amide bonds. The van der Waals surface area contributed by atoms with Gasteiger partial charge in [0.1, 0.15) is 11.6 Å². The Balaban J connectivity index is 1.66. The van der Waals surface area contributed by atoms with Crippen LogP contribution >= 0.6 is 0 Å². The molecular formula is C22H27N5O. The second-order valence-electron chi connectivity index (χ2n) is 7.89. The number of likely N-dealkylation sites (N-methyl/N-ethyl adjacent to an activating group) is 1. The number of benzene rings is 1. The number of anilines is 1. The number of rotatable bonds is 3. The highest BCUT2D eigenvalue weighted by atomic mass is 16.5. The highest BCUT2D eigenvalue weighted by molar-refractivity contribution is 5.68. The standard InChI is InChI=1S/C22H27N5O/c1-25-10-12-26(13-11-25)22-18-8-3-4-9-19(18)23-21-15-20(24-27(21)22)16-6-5-7-17(14-16)28-2/h5-7,14-15H,3-4,8-13H2,1-2H3. The molecule has 0 bridgehead atoms. The molecule has 0 N–H and O–H groups in total. The van der Waals surface area contributed by atoms with Crippen LogP contribution in [-0.4, -0.2) is 59.8 Å². The van der Waals surface area contributed by atoms with Crippen molar-refractivity contribution in [2.75, 3.05) is 45.2 Å². The molecule has 3 heterocycles. The monoisotopic (exact) mass is 377 g/mol. The number of ether oxygens (including phenoxy) is 1. The SMILES string of the molecule is COc1cccc(-c2cc3nc4c(c(N5CCN(C)CC5)n3n2)CCCC4)c1. The number of fused-ring (bicyclic) bond motifs is 2. The van der Waals surface area contributed by atoms with Gasteiger partial charge in [-0.1, -0.05) is 12.1 Å². The van der Waals surface area contributed by atoms with E-state index in [0.717, 1.165) is 61.7 Å². The van der Waals surface area contributed by atoms with Gasteiger partial charge in [0.15, 0.2) is 5.65 Å². The Morgan fingerprint density at radius 3 is 2.64 bits per heavy atom. The van der Waals surface area contributed by atoms with Crippen LogP contribution in [0.25, 0.3) is 16.9 Å². The fourth-order valence-electron chi connectivity index (χ4n) is 4.39. The quantitative estimate of drug-likeness (QED) is 0.702. The summed E-state index contributed by atoms with van der Waals surface area (Å²) in [4.78, 5) is 9.92. The molecule has 2 aromatic heterocycles. The summed E-state index contributed by atoms with van der Waals surface area (Å²) in [6.45, 7) is 4.25. The first-order chi connectivity index (χ1) is 13.7. The van der Waals surface area contributed by atoms with E-state index < -0.39 is 0 Å². The fraction of sp³-hybridized carbons (Fsp3) is 0.455. The number of nitrogens with zero attached hydrogens (tertiary/aromatic N) is 5. The first kappa shape index (κ1) is 17.5. The summed E-state index contributed by atoms with van der Waals surface area (Å²) >= 11 is 0. The lowest BCUT2D eigenvalue weighted by atomic mass is 9.96. The largest absolute Gasteiger partial charge is 0.497 e. The van der Waals surface area contributed by atoms with E-state index in [4.69, 9.17) is 14.8 Å². The van der Waals surface area contributed by atoms with Crippen LogP contribution in [0, 0.1) is 0 Å².